The molecule has 0 heterocycles. The van der Waals surface area contributed by atoms with Crippen molar-refractivity contribution in [2.45, 2.75) is 89.8 Å². The van der Waals surface area contributed by atoms with Crippen LogP contribution in [0.5, 0.6) is 0 Å². The quantitative estimate of drug-likeness (QED) is 0.222. The highest BCUT2D eigenvalue weighted by Crippen LogP contribution is 2.36. The molecule has 0 bridgehead atoms. The Kier molecular flexibility index (Phi) is 9.87. The predicted molar refractivity (Wildman–Crippen MR) is 120 cm³/mol. The monoisotopic (exact) mass is 428 g/mol. The molecule has 1 atom stereocenters. The molecule has 1 aromatic rings. The number of unbranched alkanes of at least 4 members (excludes halogenated alkanes) is 1. The van der Waals surface area contributed by atoms with Crippen LogP contribution in [0.4, 0.5) is 0 Å². The van der Waals surface area contributed by atoms with Crippen LogP contribution in [0, 0.1) is 12.8 Å². The Labute approximate surface area is 174 Å². The highest BCUT2D eigenvalue weighted by atomic mass is 32.2. The van der Waals surface area contributed by atoms with E-state index in [1.165, 1.54) is 0 Å². The third-order valence-corrected chi connectivity index (χ3v) is 11.6. The summed E-state index contributed by atoms with van der Waals surface area (Å²) in [7, 11) is -5.36. The minimum Gasteiger partial charge on any atom is -0.417 e. The van der Waals surface area contributed by atoms with E-state index >= 15 is 0 Å². The van der Waals surface area contributed by atoms with E-state index in [0.29, 0.717) is 0 Å². The molecule has 162 valence electrons. The van der Waals surface area contributed by atoms with Gasteiger partial charge in [0.05, 0.1) is 11.5 Å². The summed E-state index contributed by atoms with van der Waals surface area (Å²) in [6, 6.07) is 6.81. The molecule has 4 nitrogen and oxygen atoms in total. The Hall–Kier alpha value is -0.693. The first-order valence-electron chi connectivity index (χ1n) is 10.5. The molecule has 6 heteroatoms. The molecule has 0 spiro atoms. The van der Waals surface area contributed by atoms with Gasteiger partial charge in [0.25, 0.3) is 10.1 Å². The topological polar surface area (TPSA) is 52.6 Å². The minimum atomic E-state index is -3.68. The number of benzene rings is 1. The Morgan fingerprint density at radius 3 is 2.18 bits per heavy atom. The van der Waals surface area contributed by atoms with Gasteiger partial charge in [0, 0.05) is 6.61 Å². The smallest absolute Gasteiger partial charge is 0.296 e. The first-order chi connectivity index (χ1) is 12.9. The van der Waals surface area contributed by atoms with E-state index in [1.807, 2.05) is 6.92 Å². The molecule has 0 radical (unpaired) electrons. The first kappa shape index (κ1) is 25.3. The molecule has 1 aromatic carbocycles. The Morgan fingerprint density at radius 1 is 1.04 bits per heavy atom. The van der Waals surface area contributed by atoms with Crippen molar-refractivity contribution in [3.63, 3.8) is 0 Å². The molecule has 0 aliphatic carbocycles. The molecule has 0 fully saturated rings. The summed E-state index contributed by atoms with van der Waals surface area (Å²) >= 11 is 0. The molecule has 1 unspecified atom stereocenters. The van der Waals surface area contributed by atoms with Crippen molar-refractivity contribution in [2.24, 2.45) is 5.92 Å². The maximum Gasteiger partial charge on any atom is 0.296 e. The maximum absolute atomic E-state index is 12.4. The van der Waals surface area contributed by atoms with E-state index < -0.39 is 18.4 Å². The average Bonchev–Trinajstić information content (AvgIpc) is 2.58. The van der Waals surface area contributed by atoms with Gasteiger partial charge in [-0.2, -0.15) is 8.42 Å². The van der Waals surface area contributed by atoms with Gasteiger partial charge in [0.15, 0.2) is 8.32 Å². The number of aryl methyl sites for hydroxylation is 1. The van der Waals surface area contributed by atoms with Gasteiger partial charge in [-0.25, -0.2) is 0 Å². The standard InChI is InChI=1S/C22H40O4SSi/c1-8-11-20(12-9-10-17-26-28(6,7)22(3,4)5)18-25-27(23,24)21-15-13-19(2)14-16-21/h13-16,20H,8-12,17-18H2,1-7H3. The molecule has 0 N–H and O–H groups in total. The molecular weight excluding hydrogens is 388 g/mol. The van der Waals surface area contributed by atoms with Crippen molar-refractivity contribution >= 4 is 18.4 Å². The van der Waals surface area contributed by atoms with Crippen LogP contribution in [0.15, 0.2) is 29.2 Å². The van der Waals surface area contributed by atoms with Crippen molar-refractivity contribution < 1.29 is 17.0 Å². The summed E-state index contributed by atoms with van der Waals surface area (Å²) in [5, 5.41) is 0.232. The van der Waals surface area contributed by atoms with Gasteiger partial charge in [0.2, 0.25) is 0 Å². The lowest BCUT2D eigenvalue weighted by Crippen LogP contribution is -2.40. The van der Waals surface area contributed by atoms with Crippen molar-refractivity contribution in [1.29, 1.82) is 0 Å². The van der Waals surface area contributed by atoms with Gasteiger partial charge in [0.1, 0.15) is 0 Å². The fourth-order valence-corrected chi connectivity index (χ4v) is 4.82. The van der Waals surface area contributed by atoms with Gasteiger partial charge in [-0.05, 0) is 62.4 Å². The summed E-state index contributed by atoms with van der Waals surface area (Å²) in [6.45, 7) is 16.4. The van der Waals surface area contributed by atoms with Gasteiger partial charge in [-0.15, -0.1) is 0 Å². The van der Waals surface area contributed by atoms with Crippen LogP contribution in [0.3, 0.4) is 0 Å². The maximum atomic E-state index is 12.4. The van der Waals surface area contributed by atoms with Gasteiger partial charge < -0.3 is 4.43 Å². The fourth-order valence-electron chi connectivity index (χ4n) is 2.76. The van der Waals surface area contributed by atoms with Gasteiger partial charge in [-0.3, -0.25) is 4.18 Å². The lowest BCUT2D eigenvalue weighted by atomic mass is 9.98. The van der Waals surface area contributed by atoms with Crippen molar-refractivity contribution in [3.05, 3.63) is 29.8 Å². The van der Waals surface area contributed by atoms with E-state index in [0.717, 1.165) is 44.3 Å². The SMILES string of the molecule is CCCC(CCCCO[Si](C)(C)C(C)(C)C)COS(=O)(=O)c1ccc(C)cc1. The van der Waals surface area contributed by atoms with Gasteiger partial charge in [-0.1, -0.05) is 58.2 Å². The Balaban J connectivity index is 2.46. The fraction of sp³-hybridized carbons (Fsp3) is 0.727. The second-order valence-corrected chi connectivity index (χ2v) is 15.7. The Morgan fingerprint density at radius 2 is 1.64 bits per heavy atom. The number of hydrogen-bond donors (Lipinski definition) is 0. The lowest BCUT2D eigenvalue weighted by molar-refractivity contribution is 0.224. The average molecular weight is 429 g/mol. The van der Waals surface area contributed by atoms with Crippen molar-refractivity contribution in [3.8, 4) is 0 Å². The minimum absolute atomic E-state index is 0.232. The third kappa shape index (κ3) is 8.35. The summed E-state index contributed by atoms with van der Waals surface area (Å²) in [5.74, 6) is 0.262. The molecule has 28 heavy (non-hydrogen) atoms. The van der Waals surface area contributed by atoms with Crippen LogP contribution in [0.2, 0.25) is 18.1 Å². The largest absolute Gasteiger partial charge is 0.417 e. The molecule has 1 rings (SSSR count). The lowest BCUT2D eigenvalue weighted by Gasteiger charge is -2.36. The molecule has 0 aliphatic heterocycles. The molecular formula is C22H40O4SSi. The normalized spacial score (nSPS) is 14.2. The van der Waals surface area contributed by atoms with Gasteiger partial charge >= 0.3 is 0 Å². The van der Waals surface area contributed by atoms with Crippen LogP contribution in [-0.4, -0.2) is 29.9 Å². The molecule has 0 saturated heterocycles. The summed E-state index contributed by atoms with van der Waals surface area (Å²) < 4.78 is 36.4. The van der Waals surface area contributed by atoms with Crippen LogP contribution < -0.4 is 0 Å². The predicted octanol–water partition coefficient (Wildman–Crippen LogP) is 6.31. The van der Waals surface area contributed by atoms with E-state index in [-0.39, 0.29) is 22.5 Å². The molecule has 0 aromatic heterocycles. The first-order valence-corrected chi connectivity index (χ1v) is 14.8. The summed E-state index contributed by atoms with van der Waals surface area (Å²) in [6.07, 6.45) is 5.02. The highest BCUT2D eigenvalue weighted by Gasteiger charge is 2.36. The highest BCUT2D eigenvalue weighted by molar-refractivity contribution is 7.86. The summed E-state index contributed by atoms with van der Waals surface area (Å²) in [4.78, 5) is 0.233. The van der Waals surface area contributed by atoms with E-state index in [2.05, 4.69) is 40.8 Å². The summed E-state index contributed by atoms with van der Waals surface area (Å²) in [5.41, 5.74) is 1.03. The van der Waals surface area contributed by atoms with Crippen LogP contribution >= 0.6 is 0 Å². The van der Waals surface area contributed by atoms with Crippen LogP contribution in [-0.2, 0) is 18.7 Å². The zero-order chi connectivity index (χ0) is 21.4. The molecule has 0 saturated carbocycles. The van der Waals surface area contributed by atoms with Crippen LogP contribution in [0.1, 0.15) is 65.4 Å². The molecule has 0 amide bonds. The zero-order valence-corrected chi connectivity index (χ0v) is 20.7. The second kappa shape index (κ2) is 10.9. The number of rotatable bonds is 12. The Bertz CT molecular complexity index is 675. The van der Waals surface area contributed by atoms with Crippen molar-refractivity contribution in [1.82, 2.24) is 0 Å². The zero-order valence-electron chi connectivity index (χ0n) is 18.9. The van der Waals surface area contributed by atoms with E-state index in [1.54, 1.807) is 24.3 Å². The van der Waals surface area contributed by atoms with Crippen LogP contribution in [0.25, 0.3) is 0 Å². The number of hydrogen-bond acceptors (Lipinski definition) is 4. The second-order valence-electron chi connectivity index (χ2n) is 9.31. The molecule has 0 aliphatic rings. The van der Waals surface area contributed by atoms with E-state index in [9.17, 15) is 8.42 Å². The van der Waals surface area contributed by atoms with Crippen molar-refractivity contribution in [2.75, 3.05) is 13.2 Å². The third-order valence-electron chi connectivity index (χ3n) is 5.74. The van der Waals surface area contributed by atoms with E-state index in [4.69, 9.17) is 8.61 Å².